The smallest absolute Gasteiger partial charge is 0.262 e. The van der Waals surface area contributed by atoms with E-state index in [2.05, 4.69) is 39.6 Å². The SMILES string of the molecule is CC(C)Cn1nnnc1SCc1nnc2n(C)c(=O)c3ccccc3n12. The standard InChI is InChI=1S/C16H18N8OS/c1-10(2)8-23-16(19-20-21-23)26-9-13-17-18-15-22(3)14(25)11-6-4-5-7-12(11)24(13)15/h4-7,10H,8-9H2,1-3H3. The molecular formula is C16H18N8OS. The summed E-state index contributed by atoms with van der Waals surface area (Å²) in [5, 5.41) is 21.8. The molecule has 0 bridgehead atoms. The quantitative estimate of drug-likeness (QED) is 0.491. The predicted octanol–water partition coefficient (Wildman–Crippen LogP) is 1.52. The monoisotopic (exact) mass is 370 g/mol. The number of thioether (sulfide) groups is 1. The van der Waals surface area contributed by atoms with E-state index in [1.165, 1.54) is 16.3 Å². The van der Waals surface area contributed by atoms with Gasteiger partial charge in [0.2, 0.25) is 10.9 Å². The summed E-state index contributed by atoms with van der Waals surface area (Å²) in [4.78, 5) is 12.5. The van der Waals surface area contributed by atoms with Crippen LogP contribution in [0.3, 0.4) is 0 Å². The first-order valence-electron chi connectivity index (χ1n) is 8.27. The molecule has 0 atom stereocenters. The number of tetrazole rings is 1. The molecular weight excluding hydrogens is 352 g/mol. The molecule has 134 valence electrons. The first-order valence-corrected chi connectivity index (χ1v) is 9.25. The van der Waals surface area contributed by atoms with Crippen LogP contribution in [-0.4, -0.2) is 39.4 Å². The lowest BCUT2D eigenvalue weighted by atomic mass is 10.2. The van der Waals surface area contributed by atoms with Crippen LogP contribution in [0.1, 0.15) is 19.7 Å². The minimum absolute atomic E-state index is 0.0828. The summed E-state index contributed by atoms with van der Waals surface area (Å²) in [7, 11) is 1.71. The average Bonchev–Trinajstić information content (AvgIpc) is 3.24. The van der Waals surface area contributed by atoms with Crippen molar-refractivity contribution in [1.29, 1.82) is 0 Å². The largest absolute Gasteiger partial charge is 0.279 e. The van der Waals surface area contributed by atoms with Gasteiger partial charge in [0.05, 0.1) is 16.7 Å². The third kappa shape index (κ3) is 2.75. The van der Waals surface area contributed by atoms with Gasteiger partial charge in [-0.2, -0.15) is 0 Å². The fourth-order valence-corrected chi connectivity index (χ4v) is 3.67. The van der Waals surface area contributed by atoms with E-state index in [1.54, 1.807) is 11.7 Å². The second-order valence-electron chi connectivity index (χ2n) is 6.46. The molecule has 0 fully saturated rings. The first kappa shape index (κ1) is 16.7. The molecule has 9 nitrogen and oxygen atoms in total. The Morgan fingerprint density at radius 2 is 1.96 bits per heavy atom. The summed E-state index contributed by atoms with van der Waals surface area (Å²) < 4.78 is 5.24. The van der Waals surface area contributed by atoms with E-state index in [1.807, 2.05) is 28.7 Å². The summed E-state index contributed by atoms with van der Waals surface area (Å²) in [6, 6.07) is 7.48. The Morgan fingerprint density at radius 1 is 1.15 bits per heavy atom. The van der Waals surface area contributed by atoms with Gasteiger partial charge in [-0.25, -0.2) is 4.68 Å². The number of benzene rings is 1. The molecule has 10 heteroatoms. The molecule has 3 aromatic heterocycles. The fraction of sp³-hybridized carbons (Fsp3) is 0.375. The Labute approximate surface area is 153 Å². The molecule has 0 saturated heterocycles. The van der Waals surface area contributed by atoms with Crippen molar-refractivity contribution in [3.8, 4) is 0 Å². The van der Waals surface area contributed by atoms with Gasteiger partial charge >= 0.3 is 0 Å². The molecule has 0 unspecified atom stereocenters. The van der Waals surface area contributed by atoms with E-state index < -0.39 is 0 Å². The molecule has 4 aromatic rings. The Hall–Kier alpha value is -2.75. The van der Waals surface area contributed by atoms with E-state index in [0.29, 0.717) is 22.8 Å². The molecule has 26 heavy (non-hydrogen) atoms. The van der Waals surface area contributed by atoms with Crippen LogP contribution in [0.4, 0.5) is 0 Å². The van der Waals surface area contributed by atoms with Crippen LogP contribution in [-0.2, 0) is 19.3 Å². The van der Waals surface area contributed by atoms with Gasteiger partial charge in [0.1, 0.15) is 5.82 Å². The topological polar surface area (TPSA) is 95.8 Å². The maximum Gasteiger partial charge on any atom is 0.262 e. The lowest BCUT2D eigenvalue weighted by Crippen LogP contribution is -2.20. The van der Waals surface area contributed by atoms with Gasteiger partial charge in [0.25, 0.3) is 5.56 Å². The number of nitrogens with zero attached hydrogens (tertiary/aromatic N) is 8. The molecule has 0 aliphatic carbocycles. The second kappa shape index (κ2) is 6.52. The minimum Gasteiger partial charge on any atom is -0.279 e. The van der Waals surface area contributed by atoms with Gasteiger partial charge in [-0.05, 0) is 28.5 Å². The molecule has 0 amide bonds. The average molecular weight is 370 g/mol. The van der Waals surface area contributed by atoms with Gasteiger partial charge in [0.15, 0.2) is 0 Å². The van der Waals surface area contributed by atoms with Crippen molar-refractivity contribution in [3.05, 3.63) is 40.4 Å². The Morgan fingerprint density at radius 3 is 2.77 bits per heavy atom. The van der Waals surface area contributed by atoms with Crippen LogP contribution in [0.2, 0.25) is 0 Å². The van der Waals surface area contributed by atoms with Crippen molar-refractivity contribution in [3.63, 3.8) is 0 Å². The highest BCUT2D eigenvalue weighted by Gasteiger charge is 2.16. The highest BCUT2D eigenvalue weighted by Crippen LogP contribution is 2.22. The van der Waals surface area contributed by atoms with Crippen molar-refractivity contribution in [1.82, 2.24) is 39.4 Å². The van der Waals surface area contributed by atoms with Crippen LogP contribution >= 0.6 is 11.8 Å². The lowest BCUT2D eigenvalue weighted by Gasteiger charge is -2.08. The number of aromatic nitrogens is 8. The van der Waals surface area contributed by atoms with Crippen molar-refractivity contribution in [2.45, 2.75) is 31.3 Å². The van der Waals surface area contributed by atoms with Crippen molar-refractivity contribution >= 4 is 28.4 Å². The molecule has 0 radical (unpaired) electrons. The van der Waals surface area contributed by atoms with E-state index in [9.17, 15) is 4.79 Å². The molecule has 0 saturated carbocycles. The van der Waals surface area contributed by atoms with E-state index >= 15 is 0 Å². The summed E-state index contributed by atoms with van der Waals surface area (Å²) in [6.45, 7) is 5.00. The predicted molar refractivity (Wildman–Crippen MR) is 98.0 cm³/mol. The number of hydrogen-bond donors (Lipinski definition) is 0. The van der Waals surface area contributed by atoms with Crippen LogP contribution in [0.5, 0.6) is 0 Å². The summed E-state index contributed by atoms with van der Waals surface area (Å²) in [5.74, 6) is 2.26. The van der Waals surface area contributed by atoms with Gasteiger partial charge in [0, 0.05) is 13.6 Å². The number of rotatable bonds is 5. The Kier molecular flexibility index (Phi) is 4.19. The molecule has 0 N–H and O–H groups in total. The maximum absolute atomic E-state index is 12.5. The molecule has 0 spiro atoms. The maximum atomic E-state index is 12.5. The summed E-state index contributed by atoms with van der Waals surface area (Å²) in [5.41, 5.74) is 0.716. The normalized spacial score (nSPS) is 11.8. The molecule has 0 aliphatic rings. The Balaban J connectivity index is 1.75. The van der Waals surface area contributed by atoms with Crippen LogP contribution in [0.15, 0.2) is 34.2 Å². The third-order valence-electron chi connectivity index (χ3n) is 4.06. The van der Waals surface area contributed by atoms with E-state index in [0.717, 1.165) is 23.0 Å². The number of aryl methyl sites for hydroxylation is 1. The van der Waals surface area contributed by atoms with E-state index in [-0.39, 0.29) is 5.56 Å². The zero-order valence-electron chi connectivity index (χ0n) is 14.7. The zero-order chi connectivity index (χ0) is 18.3. The van der Waals surface area contributed by atoms with Crippen molar-refractivity contribution in [2.75, 3.05) is 0 Å². The summed E-state index contributed by atoms with van der Waals surface area (Å²) in [6.07, 6.45) is 0. The van der Waals surface area contributed by atoms with Gasteiger partial charge in [-0.3, -0.25) is 13.8 Å². The number of fused-ring (bicyclic) bond motifs is 3. The summed E-state index contributed by atoms with van der Waals surface area (Å²) >= 11 is 1.50. The minimum atomic E-state index is -0.0828. The Bertz CT molecular complexity index is 1140. The highest BCUT2D eigenvalue weighted by molar-refractivity contribution is 7.98. The zero-order valence-corrected chi connectivity index (χ0v) is 15.5. The molecule has 1 aromatic carbocycles. The molecule has 3 heterocycles. The molecule has 0 aliphatic heterocycles. The van der Waals surface area contributed by atoms with Gasteiger partial charge in [-0.1, -0.05) is 37.7 Å². The van der Waals surface area contributed by atoms with Crippen molar-refractivity contribution < 1.29 is 0 Å². The number of hydrogen-bond acceptors (Lipinski definition) is 7. The third-order valence-corrected chi connectivity index (χ3v) is 5.01. The van der Waals surface area contributed by atoms with Gasteiger partial charge in [-0.15, -0.1) is 15.3 Å². The first-order chi connectivity index (χ1) is 12.6. The van der Waals surface area contributed by atoms with Crippen LogP contribution < -0.4 is 5.56 Å². The van der Waals surface area contributed by atoms with E-state index in [4.69, 9.17) is 0 Å². The van der Waals surface area contributed by atoms with Gasteiger partial charge < -0.3 is 0 Å². The van der Waals surface area contributed by atoms with Crippen LogP contribution in [0, 0.1) is 5.92 Å². The molecule has 4 rings (SSSR count). The highest BCUT2D eigenvalue weighted by atomic mass is 32.2. The fourth-order valence-electron chi connectivity index (χ4n) is 2.87. The number of para-hydroxylation sites is 1. The van der Waals surface area contributed by atoms with Crippen molar-refractivity contribution in [2.24, 2.45) is 13.0 Å². The lowest BCUT2D eigenvalue weighted by molar-refractivity contribution is 0.445. The second-order valence-corrected chi connectivity index (χ2v) is 7.40. The van der Waals surface area contributed by atoms with Crippen LogP contribution in [0.25, 0.3) is 16.7 Å².